The minimum atomic E-state index is -0.347. The number of hydrogen-bond acceptors (Lipinski definition) is 7. The Morgan fingerprint density at radius 3 is 3.00 bits per heavy atom. The van der Waals surface area contributed by atoms with Crippen LogP contribution in [-0.2, 0) is 17.8 Å². The Balaban J connectivity index is 1.84. The number of anilines is 3. The lowest BCUT2D eigenvalue weighted by molar-refractivity contribution is 0.211. The van der Waals surface area contributed by atoms with E-state index in [0.29, 0.717) is 48.3 Å². The number of hydrogen-bond donors (Lipinski definition) is 3. The third-order valence-corrected chi connectivity index (χ3v) is 5.08. The summed E-state index contributed by atoms with van der Waals surface area (Å²) in [6, 6.07) is 5.30. The van der Waals surface area contributed by atoms with Crippen molar-refractivity contribution in [3.63, 3.8) is 0 Å². The van der Waals surface area contributed by atoms with Crippen LogP contribution < -0.4 is 15.5 Å². The normalized spacial score (nSPS) is 13.0. The van der Waals surface area contributed by atoms with Crippen molar-refractivity contribution >= 4 is 29.4 Å². The van der Waals surface area contributed by atoms with Gasteiger partial charge in [-0.1, -0.05) is 13.0 Å². The molecule has 32 heavy (non-hydrogen) atoms. The predicted octanol–water partition coefficient (Wildman–Crippen LogP) is 3.31. The van der Waals surface area contributed by atoms with Crippen LogP contribution in [0.3, 0.4) is 0 Å². The van der Waals surface area contributed by atoms with E-state index in [0.717, 1.165) is 30.4 Å². The highest BCUT2D eigenvalue weighted by atomic mass is 16.5. The van der Waals surface area contributed by atoms with Gasteiger partial charge in [0.05, 0.1) is 30.2 Å². The van der Waals surface area contributed by atoms with Gasteiger partial charge in [0, 0.05) is 38.0 Å². The van der Waals surface area contributed by atoms with Gasteiger partial charge in [-0.2, -0.15) is 5.26 Å². The lowest BCUT2D eigenvalue weighted by Crippen LogP contribution is -2.39. The Morgan fingerprint density at radius 1 is 1.44 bits per heavy atom. The molecule has 0 spiro atoms. The summed E-state index contributed by atoms with van der Waals surface area (Å²) in [5.41, 5.74) is 3.29. The fraction of sp³-hybridized carbons (Fsp3) is 0.391. The van der Waals surface area contributed by atoms with Crippen molar-refractivity contribution in [1.29, 1.82) is 5.26 Å². The highest BCUT2D eigenvalue weighted by Crippen LogP contribution is 2.29. The summed E-state index contributed by atoms with van der Waals surface area (Å²) >= 11 is 0. The maximum Gasteiger partial charge on any atom is 0.328 e. The van der Waals surface area contributed by atoms with E-state index in [-0.39, 0.29) is 12.6 Å². The molecule has 0 bridgehead atoms. The second-order valence-corrected chi connectivity index (χ2v) is 7.32. The number of carbonyl (C=O) groups excluding carboxylic acids is 1. The molecule has 0 aliphatic carbocycles. The molecular formula is C23H28N6O3. The molecule has 0 radical (unpaired) electrons. The average molecular weight is 437 g/mol. The zero-order valence-electron chi connectivity index (χ0n) is 18.4. The van der Waals surface area contributed by atoms with Crippen molar-refractivity contribution in [2.75, 3.05) is 42.3 Å². The number of aryl methyl sites for hydroxylation is 1. The van der Waals surface area contributed by atoms with E-state index < -0.39 is 0 Å². The van der Waals surface area contributed by atoms with Gasteiger partial charge >= 0.3 is 6.03 Å². The van der Waals surface area contributed by atoms with Crippen LogP contribution in [0.4, 0.5) is 22.1 Å². The van der Waals surface area contributed by atoms with Crippen LogP contribution in [0, 0.1) is 11.3 Å². The molecule has 0 saturated carbocycles. The lowest BCUT2D eigenvalue weighted by Gasteiger charge is -2.29. The number of fused-ring (bicyclic) bond motifs is 1. The number of aliphatic hydroxyl groups excluding tert-OH is 1. The zero-order valence-corrected chi connectivity index (χ0v) is 18.4. The lowest BCUT2D eigenvalue weighted by atomic mass is 10.0. The SMILES string of the molecule is CC/C=C/c1nc2c(cc1CO)CCCN2C(=O)Nc1cc(NCCOC)c(C#N)cn1. The first-order valence-corrected chi connectivity index (χ1v) is 10.6. The van der Waals surface area contributed by atoms with Gasteiger partial charge in [-0.05, 0) is 37.0 Å². The molecule has 0 atom stereocenters. The summed E-state index contributed by atoms with van der Waals surface area (Å²) < 4.78 is 5.03. The maximum absolute atomic E-state index is 13.1. The first-order valence-electron chi connectivity index (χ1n) is 10.6. The van der Waals surface area contributed by atoms with E-state index in [1.54, 1.807) is 18.1 Å². The first kappa shape index (κ1) is 23.2. The highest BCUT2D eigenvalue weighted by molar-refractivity contribution is 6.01. The number of ether oxygens (including phenoxy) is 1. The highest BCUT2D eigenvalue weighted by Gasteiger charge is 2.26. The molecule has 0 aromatic carbocycles. The van der Waals surface area contributed by atoms with Crippen LogP contribution in [0.5, 0.6) is 0 Å². The van der Waals surface area contributed by atoms with E-state index in [1.165, 1.54) is 6.20 Å². The quantitative estimate of drug-likeness (QED) is 0.542. The second kappa shape index (κ2) is 11.2. The van der Waals surface area contributed by atoms with Gasteiger partial charge in [0.15, 0.2) is 0 Å². The van der Waals surface area contributed by atoms with Crippen molar-refractivity contribution in [3.8, 4) is 6.07 Å². The molecule has 9 heteroatoms. The van der Waals surface area contributed by atoms with Gasteiger partial charge in [-0.15, -0.1) is 0 Å². The average Bonchev–Trinajstić information content (AvgIpc) is 2.82. The van der Waals surface area contributed by atoms with Gasteiger partial charge in [0.25, 0.3) is 0 Å². The Bertz CT molecular complexity index is 1030. The molecule has 168 valence electrons. The standard InChI is InChI=1S/C23H28N6O3/c1-3-4-7-19-17(15-30)11-16-6-5-9-29(22(16)27-19)23(31)28-21-12-20(25-8-10-32-2)18(13-24)14-26-21/h4,7,11-12,14,30H,3,5-6,8-10,15H2,1-2H3,(H2,25,26,28,31)/b7-4+. The number of urea groups is 1. The Labute approximate surface area is 187 Å². The molecule has 2 aromatic heterocycles. The molecule has 1 aliphatic rings. The number of allylic oxidation sites excluding steroid dienone is 1. The number of pyridine rings is 2. The molecule has 2 amide bonds. The van der Waals surface area contributed by atoms with Crippen molar-refractivity contribution in [2.24, 2.45) is 0 Å². The van der Waals surface area contributed by atoms with Gasteiger partial charge in [0.1, 0.15) is 17.7 Å². The summed E-state index contributed by atoms with van der Waals surface area (Å²) in [4.78, 5) is 23.6. The molecule has 3 heterocycles. The van der Waals surface area contributed by atoms with Crippen LogP contribution in [0.1, 0.15) is 42.1 Å². The largest absolute Gasteiger partial charge is 0.392 e. The van der Waals surface area contributed by atoms with Gasteiger partial charge in [-0.25, -0.2) is 14.8 Å². The van der Waals surface area contributed by atoms with E-state index in [1.807, 2.05) is 25.1 Å². The van der Waals surface area contributed by atoms with Crippen molar-refractivity contribution < 1.29 is 14.6 Å². The third kappa shape index (κ3) is 5.41. The van der Waals surface area contributed by atoms with Gasteiger partial charge in [0.2, 0.25) is 0 Å². The van der Waals surface area contributed by atoms with Crippen molar-refractivity contribution in [1.82, 2.24) is 9.97 Å². The molecule has 1 aliphatic heterocycles. The number of nitrogens with zero attached hydrogens (tertiary/aromatic N) is 4. The van der Waals surface area contributed by atoms with Crippen LogP contribution in [-0.4, -0.2) is 47.9 Å². The number of aromatic nitrogens is 2. The number of nitriles is 1. The second-order valence-electron chi connectivity index (χ2n) is 7.32. The number of nitrogens with one attached hydrogen (secondary N) is 2. The topological polar surface area (TPSA) is 123 Å². The summed E-state index contributed by atoms with van der Waals surface area (Å²) in [7, 11) is 1.60. The number of carbonyl (C=O) groups is 1. The summed E-state index contributed by atoms with van der Waals surface area (Å²) in [6.07, 6.45) is 7.70. The van der Waals surface area contributed by atoms with Crippen LogP contribution in [0.2, 0.25) is 0 Å². The molecule has 3 N–H and O–H groups in total. The fourth-order valence-corrected chi connectivity index (χ4v) is 3.48. The maximum atomic E-state index is 13.1. The van der Waals surface area contributed by atoms with E-state index in [9.17, 15) is 15.2 Å². The molecule has 0 saturated heterocycles. The number of aliphatic hydroxyl groups is 1. The zero-order chi connectivity index (χ0) is 22.9. The van der Waals surface area contributed by atoms with E-state index in [2.05, 4.69) is 26.7 Å². The molecule has 3 rings (SSSR count). The monoisotopic (exact) mass is 436 g/mol. The molecule has 2 aromatic rings. The molecular weight excluding hydrogens is 408 g/mol. The molecule has 9 nitrogen and oxygen atoms in total. The molecule has 0 unspecified atom stereocenters. The number of amides is 2. The van der Waals surface area contributed by atoms with Crippen molar-refractivity contribution in [2.45, 2.75) is 32.8 Å². The van der Waals surface area contributed by atoms with Gasteiger partial charge in [-0.3, -0.25) is 10.2 Å². The Morgan fingerprint density at radius 2 is 2.28 bits per heavy atom. The van der Waals surface area contributed by atoms with Crippen LogP contribution >= 0.6 is 0 Å². The molecule has 0 fully saturated rings. The van der Waals surface area contributed by atoms with E-state index >= 15 is 0 Å². The summed E-state index contributed by atoms with van der Waals surface area (Å²) in [6.45, 7) is 3.44. The van der Waals surface area contributed by atoms with Crippen LogP contribution in [0.15, 0.2) is 24.4 Å². The smallest absolute Gasteiger partial charge is 0.328 e. The van der Waals surface area contributed by atoms with Crippen LogP contribution in [0.25, 0.3) is 6.08 Å². The Kier molecular flexibility index (Phi) is 8.14. The Hall–Kier alpha value is -3.48. The third-order valence-electron chi connectivity index (χ3n) is 5.08. The summed E-state index contributed by atoms with van der Waals surface area (Å²) in [5, 5.41) is 25.0. The minimum absolute atomic E-state index is 0.107. The summed E-state index contributed by atoms with van der Waals surface area (Å²) in [5.74, 6) is 0.924. The minimum Gasteiger partial charge on any atom is -0.392 e. The fourth-order valence-electron chi connectivity index (χ4n) is 3.48. The predicted molar refractivity (Wildman–Crippen MR) is 123 cm³/mol. The number of rotatable bonds is 8. The number of methoxy groups -OCH3 is 1. The van der Waals surface area contributed by atoms with E-state index in [4.69, 9.17) is 4.74 Å². The van der Waals surface area contributed by atoms with Gasteiger partial charge < -0.3 is 15.2 Å². The first-order chi connectivity index (χ1) is 15.6. The van der Waals surface area contributed by atoms with Crippen molar-refractivity contribution in [3.05, 3.63) is 46.8 Å².